The van der Waals surface area contributed by atoms with Crippen molar-refractivity contribution in [1.29, 1.82) is 0 Å². The van der Waals surface area contributed by atoms with Crippen molar-refractivity contribution < 1.29 is 14.4 Å². The predicted molar refractivity (Wildman–Crippen MR) is 185 cm³/mol. The third-order valence-electron chi connectivity index (χ3n) is 9.56. The van der Waals surface area contributed by atoms with E-state index in [0.717, 1.165) is 60.8 Å². The van der Waals surface area contributed by atoms with Crippen LogP contribution >= 0.6 is 11.6 Å². The van der Waals surface area contributed by atoms with Gasteiger partial charge in [-0.05, 0) is 117 Å². The van der Waals surface area contributed by atoms with Gasteiger partial charge in [-0.15, -0.1) is 10.2 Å². The van der Waals surface area contributed by atoms with Crippen LogP contribution in [0.25, 0.3) is 22.5 Å². The molecule has 250 valence electrons. The van der Waals surface area contributed by atoms with Crippen LogP contribution < -0.4 is 21.7 Å². The Hall–Kier alpha value is -4.61. The second kappa shape index (κ2) is 15.1. The van der Waals surface area contributed by atoms with Gasteiger partial charge in [-0.2, -0.15) is 5.21 Å². The van der Waals surface area contributed by atoms with Crippen molar-refractivity contribution in [2.75, 3.05) is 11.9 Å². The van der Waals surface area contributed by atoms with Crippen molar-refractivity contribution in [1.82, 2.24) is 31.3 Å². The maximum absolute atomic E-state index is 13.6. The molecule has 12 heteroatoms. The molecule has 2 aliphatic carbocycles. The minimum Gasteiger partial charge on any atom is -0.349 e. The van der Waals surface area contributed by atoms with Crippen molar-refractivity contribution >= 4 is 35.0 Å². The summed E-state index contributed by atoms with van der Waals surface area (Å²) < 4.78 is 0. The van der Waals surface area contributed by atoms with Crippen molar-refractivity contribution in [2.45, 2.75) is 64.0 Å². The number of tetrazole rings is 1. The molecule has 2 atom stereocenters. The molecule has 2 fully saturated rings. The van der Waals surface area contributed by atoms with E-state index in [1.165, 1.54) is 0 Å². The number of nitrogens with two attached hydrogens (primary N) is 1. The monoisotopic (exact) mass is 668 g/mol. The van der Waals surface area contributed by atoms with Gasteiger partial charge in [-0.3, -0.25) is 14.4 Å². The lowest BCUT2D eigenvalue weighted by atomic mass is 9.81. The van der Waals surface area contributed by atoms with Crippen LogP contribution in [0.15, 0.2) is 66.7 Å². The molecule has 2 unspecified atom stereocenters. The number of hydrogen-bond donors (Lipinski definition) is 5. The quantitative estimate of drug-likeness (QED) is 0.139. The average Bonchev–Trinajstić information content (AvgIpc) is 3.82. The lowest BCUT2D eigenvalue weighted by Gasteiger charge is -2.28. The van der Waals surface area contributed by atoms with Gasteiger partial charge in [0.2, 0.25) is 17.6 Å². The van der Waals surface area contributed by atoms with Gasteiger partial charge in [0.05, 0.1) is 0 Å². The van der Waals surface area contributed by atoms with Gasteiger partial charge in [-0.1, -0.05) is 41.9 Å². The molecule has 48 heavy (non-hydrogen) atoms. The lowest BCUT2D eigenvalue weighted by Crippen LogP contribution is -2.48. The number of benzene rings is 3. The molecule has 2 aliphatic rings. The largest absolute Gasteiger partial charge is 0.349 e. The second-order valence-electron chi connectivity index (χ2n) is 13.0. The van der Waals surface area contributed by atoms with Crippen LogP contribution in [-0.2, 0) is 16.0 Å². The summed E-state index contributed by atoms with van der Waals surface area (Å²) in [5.41, 5.74) is 10.3. The van der Waals surface area contributed by atoms with Crippen LogP contribution in [0.1, 0.15) is 61.4 Å². The molecular formula is C36H41ClN8O3. The number of hydrogen-bond acceptors (Lipinski definition) is 7. The highest BCUT2D eigenvalue weighted by Crippen LogP contribution is 2.33. The molecule has 6 N–H and O–H groups in total. The van der Waals surface area contributed by atoms with E-state index >= 15 is 0 Å². The number of halogens is 1. The zero-order chi connectivity index (χ0) is 33.6. The Balaban J connectivity index is 1.14. The molecule has 0 saturated heterocycles. The molecule has 0 aliphatic heterocycles. The summed E-state index contributed by atoms with van der Waals surface area (Å²) in [6.45, 7) is 2.67. The Morgan fingerprint density at radius 2 is 1.62 bits per heavy atom. The summed E-state index contributed by atoms with van der Waals surface area (Å²) in [5.74, 6) is 0.754. The molecule has 3 amide bonds. The van der Waals surface area contributed by atoms with Crippen molar-refractivity contribution in [3.63, 3.8) is 0 Å². The third kappa shape index (κ3) is 8.26. The molecule has 6 rings (SSSR count). The topological polar surface area (TPSA) is 168 Å². The summed E-state index contributed by atoms with van der Waals surface area (Å²) in [6, 6.07) is 19.5. The number of aromatic amines is 1. The minimum atomic E-state index is -0.799. The molecule has 1 heterocycles. The van der Waals surface area contributed by atoms with E-state index in [1.807, 2.05) is 37.3 Å². The summed E-state index contributed by atoms with van der Waals surface area (Å²) >= 11 is 6.65. The van der Waals surface area contributed by atoms with Gasteiger partial charge < -0.3 is 21.7 Å². The molecule has 4 aromatic rings. The molecule has 0 bridgehead atoms. The molecule has 3 aromatic carbocycles. The van der Waals surface area contributed by atoms with Gasteiger partial charge in [0, 0.05) is 45.8 Å². The highest BCUT2D eigenvalue weighted by molar-refractivity contribution is 6.33. The first kappa shape index (κ1) is 33.3. The fourth-order valence-electron chi connectivity index (χ4n) is 6.33. The Labute approximate surface area is 284 Å². The summed E-state index contributed by atoms with van der Waals surface area (Å²) in [7, 11) is 0. The van der Waals surface area contributed by atoms with Crippen LogP contribution in [0.2, 0.25) is 5.02 Å². The number of nitrogens with zero attached hydrogens (tertiary/aromatic N) is 3. The summed E-state index contributed by atoms with van der Waals surface area (Å²) in [5, 5.41) is 23.5. The summed E-state index contributed by atoms with van der Waals surface area (Å²) in [6.07, 6.45) is 5.94. The zero-order valence-electron chi connectivity index (χ0n) is 26.9. The fourth-order valence-corrected chi connectivity index (χ4v) is 6.62. The number of H-pyrrole nitrogens is 1. The number of carbonyl (C=O) groups is 3. The molecular weight excluding hydrogens is 628 g/mol. The highest BCUT2D eigenvalue weighted by Gasteiger charge is 2.30. The van der Waals surface area contributed by atoms with Crippen LogP contribution in [0.5, 0.6) is 0 Å². The van der Waals surface area contributed by atoms with Gasteiger partial charge in [0.25, 0.3) is 5.91 Å². The molecule has 1 aromatic heterocycles. The SMILES string of the molecule is CC(NC(=O)c1ccc(-c2ccc(CC(NC(=O)C3CCC(CN)CC3)C(=O)Nc3ccc(-c4nn[nH]n4)cc3)cc2)c(Cl)c1)C1CC1. The van der Waals surface area contributed by atoms with E-state index in [9.17, 15) is 14.4 Å². The molecule has 2 saturated carbocycles. The Morgan fingerprint density at radius 3 is 2.25 bits per heavy atom. The number of carbonyl (C=O) groups excluding carboxylic acids is 3. The maximum Gasteiger partial charge on any atom is 0.251 e. The Kier molecular flexibility index (Phi) is 10.5. The van der Waals surface area contributed by atoms with Crippen molar-refractivity contribution in [3.8, 4) is 22.5 Å². The van der Waals surface area contributed by atoms with E-state index in [4.69, 9.17) is 17.3 Å². The van der Waals surface area contributed by atoms with Crippen LogP contribution in [-0.4, -0.2) is 57.0 Å². The number of aromatic nitrogens is 4. The van der Waals surface area contributed by atoms with E-state index in [-0.39, 0.29) is 29.7 Å². The van der Waals surface area contributed by atoms with Gasteiger partial charge in [-0.25, -0.2) is 0 Å². The molecule has 0 radical (unpaired) electrons. The number of rotatable bonds is 12. The predicted octanol–water partition coefficient (Wildman–Crippen LogP) is 5.15. The first-order valence-electron chi connectivity index (χ1n) is 16.6. The smallest absolute Gasteiger partial charge is 0.251 e. The molecule has 11 nitrogen and oxygen atoms in total. The minimum absolute atomic E-state index is 0.114. The Morgan fingerprint density at radius 1 is 0.917 bits per heavy atom. The van der Waals surface area contributed by atoms with Crippen molar-refractivity contribution in [2.24, 2.45) is 23.5 Å². The molecule has 0 spiro atoms. The third-order valence-corrected chi connectivity index (χ3v) is 9.88. The van der Waals surface area contributed by atoms with Crippen LogP contribution in [0, 0.1) is 17.8 Å². The van der Waals surface area contributed by atoms with E-state index in [0.29, 0.717) is 46.9 Å². The number of amides is 3. The van der Waals surface area contributed by atoms with Crippen LogP contribution in [0.4, 0.5) is 5.69 Å². The standard InChI is InChI=1S/C36H41ClN8O3/c1-21(24-10-11-24)39-35(47)28-14-17-30(31(37)19-28)25-6-2-22(3-7-25)18-32(41-34(46)27-8-4-23(20-38)5-9-27)36(48)40-29-15-12-26(13-16-29)33-42-44-45-43-33/h2-3,6-7,12-17,19,21,23-24,27,32H,4-5,8-11,18,20,38H2,1H3,(H,39,47)(H,40,48)(H,41,46)(H,42,43,44,45). The normalized spacial score (nSPS) is 18.8. The first-order chi connectivity index (χ1) is 23.3. The fraction of sp³-hybridized carbons (Fsp3) is 0.389. The zero-order valence-corrected chi connectivity index (χ0v) is 27.7. The van der Waals surface area contributed by atoms with Gasteiger partial charge >= 0.3 is 0 Å². The van der Waals surface area contributed by atoms with E-state index in [1.54, 1.807) is 36.4 Å². The lowest BCUT2D eigenvalue weighted by molar-refractivity contribution is -0.130. The maximum atomic E-state index is 13.6. The summed E-state index contributed by atoms with van der Waals surface area (Å²) in [4.78, 5) is 39.8. The van der Waals surface area contributed by atoms with E-state index in [2.05, 4.69) is 36.6 Å². The van der Waals surface area contributed by atoms with Crippen LogP contribution in [0.3, 0.4) is 0 Å². The number of anilines is 1. The van der Waals surface area contributed by atoms with Crippen molar-refractivity contribution in [3.05, 3.63) is 82.9 Å². The average molecular weight is 669 g/mol. The second-order valence-corrected chi connectivity index (χ2v) is 13.4. The van der Waals surface area contributed by atoms with Gasteiger partial charge in [0.1, 0.15) is 6.04 Å². The first-order valence-corrected chi connectivity index (χ1v) is 17.0. The highest BCUT2D eigenvalue weighted by atomic mass is 35.5. The van der Waals surface area contributed by atoms with Gasteiger partial charge in [0.15, 0.2) is 0 Å². The number of nitrogens with one attached hydrogen (secondary N) is 4. The van der Waals surface area contributed by atoms with E-state index < -0.39 is 6.04 Å². The Bertz CT molecular complexity index is 1720.